The second kappa shape index (κ2) is 5.39. The van der Waals surface area contributed by atoms with Crippen LogP contribution >= 0.6 is 11.6 Å². The van der Waals surface area contributed by atoms with Gasteiger partial charge in [0, 0.05) is 33.1 Å². The molecule has 2 heterocycles. The first-order valence-corrected chi connectivity index (χ1v) is 6.24. The number of rotatable bonds is 1. The minimum atomic E-state index is 0.102. The Morgan fingerprint density at radius 3 is 2.89 bits per heavy atom. The summed E-state index contributed by atoms with van der Waals surface area (Å²) in [4.78, 5) is 23.2. The van der Waals surface area contributed by atoms with Crippen LogP contribution in [0.3, 0.4) is 0 Å². The predicted molar refractivity (Wildman–Crippen MR) is 70.5 cm³/mol. The van der Waals surface area contributed by atoms with Crippen molar-refractivity contribution in [2.75, 3.05) is 36.8 Å². The predicted octanol–water partition coefficient (Wildman–Crippen LogP) is 0.771. The molecule has 1 saturated heterocycles. The minimum Gasteiger partial charge on any atom is -0.394 e. The minimum absolute atomic E-state index is 0.102. The number of hydrogen-bond acceptors (Lipinski definition) is 5. The van der Waals surface area contributed by atoms with Gasteiger partial charge in [-0.05, 0) is 18.0 Å². The molecule has 0 aliphatic carbocycles. The molecule has 0 saturated carbocycles. The fraction of sp³-hybridized carbons (Fsp3) is 0.545. The molecule has 1 aliphatic heterocycles. The van der Waals surface area contributed by atoms with Crippen LogP contribution in [0.25, 0.3) is 0 Å². The smallest absolute Gasteiger partial charge is 0.224 e. The molecule has 98 valence electrons. The Labute approximate surface area is 111 Å². The quantitative estimate of drug-likeness (QED) is 0.762. The Bertz CT molecular complexity index is 453. The topological polar surface area (TPSA) is 75.4 Å². The van der Waals surface area contributed by atoms with Crippen molar-refractivity contribution < 1.29 is 4.79 Å². The molecular formula is C11H16ClN5O. The average Bonchev–Trinajstić information content (AvgIpc) is 2.58. The highest BCUT2D eigenvalue weighted by atomic mass is 35.5. The molecule has 0 atom stereocenters. The van der Waals surface area contributed by atoms with E-state index in [0.29, 0.717) is 24.6 Å². The molecule has 0 unspecified atom stereocenters. The Morgan fingerprint density at radius 1 is 1.39 bits per heavy atom. The van der Waals surface area contributed by atoms with Crippen molar-refractivity contribution in [3.63, 3.8) is 0 Å². The van der Waals surface area contributed by atoms with Crippen molar-refractivity contribution in [3.05, 3.63) is 11.5 Å². The standard InChI is InChI=1S/C11H16ClN5O/c1-8(18)16-3-2-4-17(6-5-16)10-9(13)7-14-11(12)15-10/h7H,2-6,13H2,1H3. The summed E-state index contributed by atoms with van der Waals surface area (Å²) in [7, 11) is 0. The summed E-state index contributed by atoms with van der Waals surface area (Å²) in [5.41, 5.74) is 6.37. The fourth-order valence-electron chi connectivity index (χ4n) is 2.06. The van der Waals surface area contributed by atoms with Gasteiger partial charge >= 0.3 is 0 Å². The molecule has 1 amide bonds. The zero-order valence-electron chi connectivity index (χ0n) is 10.3. The number of carbonyl (C=O) groups is 1. The number of anilines is 2. The molecule has 1 aromatic heterocycles. The van der Waals surface area contributed by atoms with E-state index in [-0.39, 0.29) is 11.2 Å². The molecule has 1 aromatic rings. The van der Waals surface area contributed by atoms with Gasteiger partial charge < -0.3 is 15.5 Å². The van der Waals surface area contributed by atoms with Gasteiger partial charge in [-0.2, -0.15) is 4.98 Å². The van der Waals surface area contributed by atoms with Crippen molar-refractivity contribution in [3.8, 4) is 0 Å². The summed E-state index contributed by atoms with van der Waals surface area (Å²) in [5, 5.41) is 0.187. The van der Waals surface area contributed by atoms with Crippen molar-refractivity contribution in [1.82, 2.24) is 14.9 Å². The van der Waals surface area contributed by atoms with E-state index in [2.05, 4.69) is 9.97 Å². The molecule has 7 heteroatoms. The van der Waals surface area contributed by atoms with Gasteiger partial charge in [0.05, 0.1) is 11.9 Å². The van der Waals surface area contributed by atoms with Gasteiger partial charge in [0.1, 0.15) is 0 Å². The molecule has 0 radical (unpaired) electrons. The summed E-state index contributed by atoms with van der Waals surface area (Å²) in [5.74, 6) is 0.756. The van der Waals surface area contributed by atoms with Gasteiger partial charge in [0.15, 0.2) is 5.82 Å². The zero-order valence-corrected chi connectivity index (χ0v) is 11.0. The van der Waals surface area contributed by atoms with Gasteiger partial charge in [-0.25, -0.2) is 4.98 Å². The number of nitrogens with zero attached hydrogens (tertiary/aromatic N) is 4. The van der Waals surface area contributed by atoms with Crippen LogP contribution in [-0.4, -0.2) is 47.0 Å². The van der Waals surface area contributed by atoms with E-state index < -0.39 is 0 Å². The second-order valence-corrected chi connectivity index (χ2v) is 4.60. The van der Waals surface area contributed by atoms with Gasteiger partial charge in [-0.1, -0.05) is 0 Å². The maximum absolute atomic E-state index is 11.4. The van der Waals surface area contributed by atoms with Crippen LogP contribution < -0.4 is 10.6 Å². The Morgan fingerprint density at radius 2 is 2.17 bits per heavy atom. The number of halogens is 1. The van der Waals surface area contributed by atoms with Crippen LogP contribution in [0.5, 0.6) is 0 Å². The normalized spacial score (nSPS) is 16.6. The van der Waals surface area contributed by atoms with Gasteiger partial charge in [-0.3, -0.25) is 4.79 Å². The maximum atomic E-state index is 11.4. The van der Waals surface area contributed by atoms with Gasteiger partial charge in [0.2, 0.25) is 11.2 Å². The lowest BCUT2D eigenvalue weighted by atomic mass is 10.3. The first-order valence-electron chi connectivity index (χ1n) is 5.86. The van der Waals surface area contributed by atoms with E-state index in [4.69, 9.17) is 17.3 Å². The lowest BCUT2D eigenvalue weighted by Gasteiger charge is -2.23. The molecule has 18 heavy (non-hydrogen) atoms. The van der Waals surface area contributed by atoms with E-state index in [1.165, 1.54) is 6.20 Å². The van der Waals surface area contributed by atoms with Crippen LogP contribution in [0.15, 0.2) is 6.20 Å². The van der Waals surface area contributed by atoms with E-state index in [1.54, 1.807) is 6.92 Å². The van der Waals surface area contributed by atoms with Crippen LogP contribution in [0.4, 0.5) is 11.5 Å². The van der Waals surface area contributed by atoms with Crippen molar-refractivity contribution >= 4 is 29.0 Å². The number of nitrogen functional groups attached to an aromatic ring is 1. The van der Waals surface area contributed by atoms with Crippen LogP contribution in [-0.2, 0) is 4.79 Å². The lowest BCUT2D eigenvalue weighted by Crippen LogP contribution is -2.34. The molecule has 0 aromatic carbocycles. The maximum Gasteiger partial charge on any atom is 0.224 e. The number of nitrogens with two attached hydrogens (primary N) is 1. The average molecular weight is 270 g/mol. The Balaban J connectivity index is 2.14. The van der Waals surface area contributed by atoms with E-state index in [9.17, 15) is 4.79 Å². The van der Waals surface area contributed by atoms with Crippen LogP contribution in [0, 0.1) is 0 Å². The first-order chi connectivity index (χ1) is 8.58. The highest BCUT2D eigenvalue weighted by Crippen LogP contribution is 2.22. The third-order valence-corrected chi connectivity index (χ3v) is 3.19. The monoisotopic (exact) mass is 269 g/mol. The number of hydrogen-bond donors (Lipinski definition) is 1. The van der Waals surface area contributed by atoms with E-state index in [1.807, 2.05) is 9.80 Å². The summed E-state index contributed by atoms with van der Waals surface area (Å²) in [6.45, 7) is 4.55. The highest BCUT2D eigenvalue weighted by Gasteiger charge is 2.19. The molecule has 0 bridgehead atoms. The molecule has 1 aliphatic rings. The lowest BCUT2D eigenvalue weighted by molar-refractivity contribution is -0.128. The van der Waals surface area contributed by atoms with Crippen molar-refractivity contribution in [1.29, 1.82) is 0 Å². The first kappa shape index (κ1) is 12.9. The fourth-order valence-corrected chi connectivity index (χ4v) is 2.19. The number of aromatic nitrogens is 2. The van der Waals surface area contributed by atoms with Crippen LogP contribution in [0.2, 0.25) is 5.28 Å². The second-order valence-electron chi connectivity index (χ2n) is 4.26. The van der Waals surface area contributed by atoms with Gasteiger partial charge in [-0.15, -0.1) is 0 Å². The molecular weight excluding hydrogens is 254 g/mol. The summed E-state index contributed by atoms with van der Waals surface area (Å²) < 4.78 is 0. The Hall–Kier alpha value is -1.56. The number of amides is 1. The van der Waals surface area contributed by atoms with Gasteiger partial charge in [0.25, 0.3) is 0 Å². The van der Waals surface area contributed by atoms with Crippen molar-refractivity contribution in [2.45, 2.75) is 13.3 Å². The van der Waals surface area contributed by atoms with E-state index in [0.717, 1.165) is 19.5 Å². The number of carbonyl (C=O) groups excluding carboxylic acids is 1. The molecule has 2 N–H and O–H groups in total. The van der Waals surface area contributed by atoms with E-state index >= 15 is 0 Å². The third-order valence-electron chi connectivity index (χ3n) is 3.01. The largest absolute Gasteiger partial charge is 0.394 e. The summed E-state index contributed by atoms with van der Waals surface area (Å²) in [6, 6.07) is 0. The molecule has 1 fully saturated rings. The molecule has 2 rings (SSSR count). The summed E-state index contributed by atoms with van der Waals surface area (Å²) >= 11 is 5.79. The van der Waals surface area contributed by atoms with Crippen molar-refractivity contribution in [2.24, 2.45) is 0 Å². The van der Waals surface area contributed by atoms with Crippen LogP contribution in [0.1, 0.15) is 13.3 Å². The molecule has 6 nitrogen and oxygen atoms in total. The Kier molecular flexibility index (Phi) is 3.86. The third kappa shape index (κ3) is 2.81. The molecule has 0 spiro atoms. The summed E-state index contributed by atoms with van der Waals surface area (Å²) in [6.07, 6.45) is 2.40. The SMILES string of the molecule is CC(=O)N1CCCN(c2nc(Cl)ncc2N)CC1. The zero-order chi connectivity index (χ0) is 13.1. The highest BCUT2D eigenvalue weighted by molar-refractivity contribution is 6.28.